The number of nitrogens with one attached hydrogen (secondary N) is 1. The summed E-state index contributed by atoms with van der Waals surface area (Å²) in [4.78, 5) is 28.7. The molecule has 1 N–H and O–H groups in total. The predicted octanol–water partition coefficient (Wildman–Crippen LogP) is 1.59. The van der Waals surface area contributed by atoms with Crippen LogP contribution in [0.1, 0.15) is 29.3 Å². The van der Waals surface area contributed by atoms with Gasteiger partial charge < -0.3 is 9.80 Å². The lowest BCUT2D eigenvalue weighted by atomic mass is 10.1. The Morgan fingerprint density at radius 1 is 1.12 bits per heavy atom. The maximum atomic E-state index is 12.6. The fraction of sp³-hybridized carbons (Fsp3) is 0.556. The van der Waals surface area contributed by atoms with Gasteiger partial charge in [0.05, 0.1) is 6.04 Å². The predicted molar refractivity (Wildman–Crippen MR) is 97.2 cm³/mol. The summed E-state index contributed by atoms with van der Waals surface area (Å²) in [5, 5.41) is 3.22. The van der Waals surface area contributed by atoms with Crippen molar-refractivity contribution in [2.75, 3.05) is 37.8 Å². The fourth-order valence-corrected chi connectivity index (χ4v) is 4.12. The summed E-state index contributed by atoms with van der Waals surface area (Å²) in [6.07, 6.45) is 2.15. The summed E-state index contributed by atoms with van der Waals surface area (Å²) in [7, 11) is 0. The van der Waals surface area contributed by atoms with E-state index in [0.29, 0.717) is 26.2 Å². The molecule has 0 bridgehead atoms. The molecule has 2 aliphatic rings. The molecule has 0 radical (unpaired) electrons. The average Bonchev–Trinajstić information content (AvgIpc) is 3.16. The van der Waals surface area contributed by atoms with Gasteiger partial charge in [0.15, 0.2) is 0 Å². The third-order valence-electron chi connectivity index (χ3n) is 4.63. The number of hydrogen-bond donors (Lipinski definition) is 1. The van der Waals surface area contributed by atoms with Gasteiger partial charge in [-0.2, -0.15) is 0 Å². The standard InChI is InChI=1S/C18H25N3O2S/c1-2-3-14-4-6-15(7-5-14)17(22)20-8-10-21(11-9-20)18(23)16-12-24-13-19-16/h4-7,16,19H,2-3,8-13H2,1H3. The molecule has 3 rings (SSSR count). The first-order valence-corrected chi connectivity index (χ1v) is 9.82. The fourth-order valence-electron chi connectivity index (χ4n) is 3.19. The van der Waals surface area contributed by atoms with Crippen molar-refractivity contribution in [2.24, 2.45) is 0 Å². The van der Waals surface area contributed by atoms with Crippen LogP contribution in [0.2, 0.25) is 0 Å². The lowest BCUT2D eigenvalue weighted by molar-refractivity contribution is -0.134. The number of thioether (sulfide) groups is 1. The Bertz CT molecular complexity index is 576. The molecule has 0 aromatic heterocycles. The maximum absolute atomic E-state index is 12.6. The minimum absolute atomic E-state index is 0.0524. The second-order valence-corrected chi connectivity index (χ2v) is 7.37. The van der Waals surface area contributed by atoms with E-state index in [1.807, 2.05) is 34.1 Å². The molecule has 0 aliphatic carbocycles. The molecule has 6 heteroatoms. The van der Waals surface area contributed by atoms with E-state index < -0.39 is 0 Å². The number of benzene rings is 1. The van der Waals surface area contributed by atoms with E-state index in [4.69, 9.17) is 0 Å². The van der Waals surface area contributed by atoms with E-state index >= 15 is 0 Å². The van der Waals surface area contributed by atoms with Crippen LogP contribution in [0.4, 0.5) is 0 Å². The number of amides is 2. The second kappa shape index (κ2) is 8.03. The molecule has 2 aliphatic heterocycles. The summed E-state index contributed by atoms with van der Waals surface area (Å²) in [5.41, 5.74) is 2.01. The van der Waals surface area contributed by atoms with Crippen molar-refractivity contribution in [3.8, 4) is 0 Å². The third kappa shape index (κ3) is 3.92. The highest BCUT2D eigenvalue weighted by atomic mass is 32.2. The molecule has 0 saturated carbocycles. The van der Waals surface area contributed by atoms with Crippen LogP contribution < -0.4 is 5.32 Å². The lowest BCUT2D eigenvalue weighted by Crippen LogP contribution is -2.54. The molecule has 2 fully saturated rings. The van der Waals surface area contributed by atoms with Gasteiger partial charge in [-0.1, -0.05) is 25.5 Å². The van der Waals surface area contributed by atoms with Gasteiger partial charge in [-0.15, -0.1) is 11.8 Å². The van der Waals surface area contributed by atoms with Gasteiger partial charge >= 0.3 is 0 Å². The van der Waals surface area contributed by atoms with E-state index in [-0.39, 0.29) is 17.9 Å². The van der Waals surface area contributed by atoms with E-state index in [9.17, 15) is 9.59 Å². The summed E-state index contributed by atoms with van der Waals surface area (Å²) >= 11 is 1.76. The number of carbonyl (C=O) groups is 2. The molecule has 130 valence electrons. The quantitative estimate of drug-likeness (QED) is 0.899. The van der Waals surface area contributed by atoms with Crippen molar-refractivity contribution in [2.45, 2.75) is 25.8 Å². The highest BCUT2D eigenvalue weighted by Crippen LogP contribution is 2.15. The van der Waals surface area contributed by atoms with Crippen molar-refractivity contribution in [1.29, 1.82) is 0 Å². The van der Waals surface area contributed by atoms with Gasteiger partial charge in [-0.05, 0) is 24.1 Å². The van der Waals surface area contributed by atoms with E-state index in [2.05, 4.69) is 12.2 Å². The largest absolute Gasteiger partial charge is 0.338 e. The van der Waals surface area contributed by atoms with Crippen LogP contribution in [0.5, 0.6) is 0 Å². The zero-order chi connectivity index (χ0) is 16.9. The summed E-state index contributed by atoms with van der Waals surface area (Å²) in [6, 6.07) is 7.87. The van der Waals surface area contributed by atoms with Gasteiger partial charge in [0.25, 0.3) is 5.91 Å². The zero-order valence-corrected chi connectivity index (χ0v) is 15.0. The van der Waals surface area contributed by atoms with Crippen LogP contribution in [0.25, 0.3) is 0 Å². The number of carbonyl (C=O) groups excluding carboxylic acids is 2. The molecule has 1 atom stereocenters. The van der Waals surface area contributed by atoms with Crippen LogP contribution in [0.15, 0.2) is 24.3 Å². The molecule has 1 unspecified atom stereocenters. The number of rotatable bonds is 4. The van der Waals surface area contributed by atoms with Crippen LogP contribution in [-0.2, 0) is 11.2 Å². The van der Waals surface area contributed by atoms with Crippen molar-refractivity contribution in [1.82, 2.24) is 15.1 Å². The molecule has 5 nitrogen and oxygen atoms in total. The van der Waals surface area contributed by atoms with Crippen LogP contribution >= 0.6 is 11.8 Å². The van der Waals surface area contributed by atoms with Crippen LogP contribution in [0, 0.1) is 0 Å². The number of aryl methyl sites for hydroxylation is 1. The monoisotopic (exact) mass is 347 g/mol. The van der Waals surface area contributed by atoms with E-state index in [1.165, 1.54) is 5.56 Å². The molecule has 2 amide bonds. The Morgan fingerprint density at radius 3 is 2.38 bits per heavy atom. The summed E-state index contributed by atoms with van der Waals surface area (Å²) < 4.78 is 0. The van der Waals surface area contributed by atoms with Crippen molar-refractivity contribution >= 4 is 23.6 Å². The molecular formula is C18H25N3O2S. The minimum atomic E-state index is -0.0524. The molecule has 24 heavy (non-hydrogen) atoms. The lowest BCUT2D eigenvalue weighted by Gasteiger charge is -2.36. The normalized spacial score (nSPS) is 21.1. The smallest absolute Gasteiger partial charge is 0.253 e. The Labute approximate surface area is 147 Å². The van der Waals surface area contributed by atoms with Gasteiger partial charge in [-0.3, -0.25) is 14.9 Å². The highest BCUT2D eigenvalue weighted by molar-refractivity contribution is 7.99. The number of hydrogen-bond acceptors (Lipinski definition) is 4. The van der Waals surface area contributed by atoms with Crippen molar-refractivity contribution in [3.05, 3.63) is 35.4 Å². The molecule has 1 aromatic rings. The van der Waals surface area contributed by atoms with Crippen molar-refractivity contribution in [3.63, 3.8) is 0 Å². The molecular weight excluding hydrogens is 322 g/mol. The summed E-state index contributed by atoms with van der Waals surface area (Å²) in [6.45, 7) is 4.63. The summed E-state index contributed by atoms with van der Waals surface area (Å²) in [5.74, 6) is 1.95. The third-order valence-corrected chi connectivity index (χ3v) is 5.57. The van der Waals surface area contributed by atoms with Crippen molar-refractivity contribution < 1.29 is 9.59 Å². The Kier molecular flexibility index (Phi) is 5.79. The SMILES string of the molecule is CCCc1ccc(C(=O)N2CCN(C(=O)C3CSCN3)CC2)cc1. The maximum Gasteiger partial charge on any atom is 0.253 e. The number of nitrogens with zero attached hydrogens (tertiary/aromatic N) is 2. The van der Waals surface area contributed by atoms with Gasteiger partial charge in [0.1, 0.15) is 0 Å². The van der Waals surface area contributed by atoms with Gasteiger partial charge in [-0.25, -0.2) is 0 Å². The highest BCUT2D eigenvalue weighted by Gasteiger charge is 2.30. The Balaban J connectivity index is 1.53. The van der Waals surface area contributed by atoms with Gasteiger partial charge in [0.2, 0.25) is 5.91 Å². The molecule has 0 spiro atoms. The van der Waals surface area contributed by atoms with E-state index in [1.54, 1.807) is 11.8 Å². The second-order valence-electron chi connectivity index (χ2n) is 6.34. The Morgan fingerprint density at radius 2 is 1.79 bits per heavy atom. The Hall–Kier alpha value is -1.53. The van der Waals surface area contributed by atoms with Crippen LogP contribution in [-0.4, -0.2) is 65.5 Å². The first-order chi connectivity index (χ1) is 11.7. The van der Waals surface area contributed by atoms with Gasteiger partial charge in [0, 0.05) is 43.4 Å². The topological polar surface area (TPSA) is 52.7 Å². The van der Waals surface area contributed by atoms with E-state index in [0.717, 1.165) is 30.0 Å². The average molecular weight is 347 g/mol. The molecule has 2 heterocycles. The first-order valence-electron chi connectivity index (χ1n) is 8.67. The zero-order valence-electron chi connectivity index (χ0n) is 14.2. The molecule has 1 aromatic carbocycles. The minimum Gasteiger partial charge on any atom is -0.338 e. The van der Waals surface area contributed by atoms with Crippen LogP contribution in [0.3, 0.4) is 0 Å². The number of piperazine rings is 1. The first kappa shape index (κ1) is 17.3. The molecule has 2 saturated heterocycles.